The second kappa shape index (κ2) is 13.9. The van der Waals surface area contributed by atoms with Gasteiger partial charge in [0.25, 0.3) is 0 Å². The molecule has 0 spiro atoms. The van der Waals surface area contributed by atoms with Gasteiger partial charge in [-0.25, -0.2) is 27.7 Å². The van der Waals surface area contributed by atoms with E-state index in [1.165, 1.54) is 17.4 Å². The average molecular weight is 628 g/mol. The standard InChI is InChI=1S/C31H41N5O5S2/c1-20(2)41-30(38)35-23-13-11-22(12-14-23)28-32-19-26(42-28)25-16-15-24(17-27(25)43(39,40)36-31(3,4)5)34-29(37)33-18-21-9-7-6-8-10-21/h6-10,15-17,19-20,22-23,36H,11-14,18H2,1-5H3,(H,35,38)(H2,33,34,37)/t22-,23+. The number of urea groups is 1. The van der Waals surface area contributed by atoms with Gasteiger partial charge in [0.05, 0.1) is 20.9 Å². The summed E-state index contributed by atoms with van der Waals surface area (Å²) in [6, 6.07) is 14.0. The van der Waals surface area contributed by atoms with Crippen LogP contribution in [0.1, 0.15) is 76.8 Å². The van der Waals surface area contributed by atoms with E-state index in [0.717, 1.165) is 41.1 Å². The first-order valence-corrected chi connectivity index (χ1v) is 16.8. The quantitative estimate of drug-likeness (QED) is 0.218. The molecule has 43 heavy (non-hydrogen) atoms. The fraction of sp³-hybridized carbons (Fsp3) is 0.452. The average Bonchev–Trinajstić information content (AvgIpc) is 3.41. The van der Waals surface area contributed by atoms with E-state index < -0.39 is 21.6 Å². The van der Waals surface area contributed by atoms with Crippen molar-refractivity contribution in [2.45, 2.75) is 95.3 Å². The van der Waals surface area contributed by atoms with Gasteiger partial charge in [-0.15, -0.1) is 11.3 Å². The largest absolute Gasteiger partial charge is 0.447 e. The van der Waals surface area contributed by atoms with Crippen LogP contribution in [0, 0.1) is 0 Å². The van der Waals surface area contributed by atoms with Crippen molar-refractivity contribution in [3.05, 3.63) is 65.3 Å². The molecule has 3 amide bonds. The van der Waals surface area contributed by atoms with Gasteiger partial charge in [-0.2, -0.15) is 0 Å². The number of carbonyl (C=O) groups excluding carboxylic acids is 2. The number of aromatic nitrogens is 1. The predicted molar refractivity (Wildman–Crippen MR) is 170 cm³/mol. The van der Waals surface area contributed by atoms with Crippen molar-refractivity contribution in [1.82, 2.24) is 20.3 Å². The van der Waals surface area contributed by atoms with Crippen LogP contribution >= 0.6 is 11.3 Å². The maximum absolute atomic E-state index is 13.6. The van der Waals surface area contributed by atoms with Gasteiger partial charge in [-0.3, -0.25) is 0 Å². The van der Waals surface area contributed by atoms with Crippen LogP contribution < -0.4 is 20.7 Å². The van der Waals surface area contributed by atoms with E-state index in [1.54, 1.807) is 39.1 Å². The number of hydrogen-bond acceptors (Lipinski definition) is 7. The molecule has 12 heteroatoms. The van der Waals surface area contributed by atoms with Gasteiger partial charge in [0.1, 0.15) is 0 Å². The summed E-state index contributed by atoms with van der Waals surface area (Å²) in [5.74, 6) is 0.222. The summed E-state index contributed by atoms with van der Waals surface area (Å²) in [5.41, 5.74) is 1.11. The van der Waals surface area contributed by atoms with Crippen molar-refractivity contribution < 1.29 is 22.7 Å². The molecule has 232 valence electrons. The second-order valence-corrected chi connectivity index (χ2v) is 14.8. The smallest absolute Gasteiger partial charge is 0.407 e. The molecule has 2 aromatic carbocycles. The Bertz CT molecular complexity index is 1510. The zero-order valence-electron chi connectivity index (χ0n) is 25.3. The molecule has 1 aliphatic carbocycles. The van der Waals surface area contributed by atoms with Gasteiger partial charge in [0.2, 0.25) is 10.0 Å². The van der Waals surface area contributed by atoms with Crippen molar-refractivity contribution >= 4 is 39.2 Å². The van der Waals surface area contributed by atoms with Crippen LogP contribution in [-0.2, 0) is 21.3 Å². The van der Waals surface area contributed by atoms with Crippen molar-refractivity contribution in [2.24, 2.45) is 0 Å². The summed E-state index contributed by atoms with van der Waals surface area (Å²) in [6.07, 6.45) is 4.51. The lowest BCUT2D eigenvalue weighted by atomic mass is 9.86. The number of amides is 3. The van der Waals surface area contributed by atoms with Crippen molar-refractivity contribution in [3.63, 3.8) is 0 Å². The minimum absolute atomic E-state index is 0.0621. The molecular formula is C31H41N5O5S2. The zero-order chi connectivity index (χ0) is 31.2. The van der Waals surface area contributed by atoms with Gasteiger partial charge in [0.15, 0.2) is 0 Å². The van der Waals surface area contributed by atoms with E-state index in [-0.39, 0.29) is 29.1 Å². The molecule has 0 saturated heterocycles. The van der Waals surface area contributed by atoms with E-state index >= 15 is 0 Å². The SMILES string of the molecule is CC(C)OC(=O)N[C@H]1CC[C@@H](c2ncc(-c3ccc(NC(=O)NCc4ccccc4)cc3S(=O)(=O)NC(C)(C)C)s2)CC1. The Balaban J connectivity index is 1.50. The molecule has 0 aliphatic heterocycles. The topological polar surface area (TPSA) is 139 Å². The number of ether oxygens (including phenoxy) is 1. The van der Waals surface area contributed by atoms with Gasteiger partial charge < -0.3 is 20.7 Å². The maximum Gasteiger partial charge on any atom is 0.407 e. The summed E-state index contributed by atoms with van der Waals surface area (Å²) in [4.78, 5) is 30.1. The van der Waals surface area contributed by atoms with Crippen molar-refractivity contribution in [1.29, 1.82) is 0 Å². The molecule has 0 radical (unpaired) electrons. The normalized spacial score (nSPS) is 17.3. The molecule has 1 heterocycles. The lowest BCUT2D eigenvalue weighted by Crippen LogP contribution is -2.40. The van der Waals surface area contributed by atoms with Crippen molar-refractivity contribution in [3.8, 4) is 10.4 Å². The van der Waals surface area contributed by atoms with E-state index in [9.17, 15) is 18.0 Å². The van der Waals surface area contributed by atoms with Crippen LogP contribution in [-0.4, -0.2) is 43.2 Å². The third-order valence-corrected chi connectivity index (χ3v) is 9.79. The lowest BCUT2D eigenvalue weighted by Gasteiger charge is -2.28. The highest BCUT2D eigenvalue weighted by Gasteiger charge is 2.29. The first-order valence-electron chi connectivity index (χ1n) is 14.5. The highest BCUT2D eigenvalue weighted by atomic mass is 32.2. The Morgan fingerprint density at radius 1 is 1.05 bits per heavy atom. The Kier molecular flexibility index (Phi) is 10.5. The number of anilines is 1. The number of benzene rings is 2. The van der Waals surface area contributed by atoms with E-state index in [2.05, 4.69) is 25.7 Å². The third-order valence-electron chi connectivity index (χ3n) is 6.80. The van der Waals surface area contributed by atoms with Gasteiger partial charge >= 0.3 is 12.1 Å². The molecule has 3 aromatic rings. The molecule has 1 aliphatic rings. The molecule has 4 N–H and O–H groups in total. The number of thiazole rings is 1. The number of nitrogens with one attached hydrogen (secondary N) is 4. The summed E-state index contributed by atoms with van der Waals surface area (Å²) >= 11 is 1.47. The number of sulfonamides is 1. The van der Waals surface area contributed by atoms with Crippen LogP contribution in [0.3, 0.4) is 0 Å². The summed E-state index contributed by atoms with van der Waals surface area (Å²) in [6.45, 7) is 9.32. The minimum atomic E-state index is -3.95. The first-order chi connectivity index (χ1) is 20.3. The Labute approximate surface area is 258 Å². The molecule has 1 fully saturated rings. The summed E-state index contributed by atoms with van der Waals surface area (Å²) < 4.78 is 35.1. The first kappa shape index (κ1) is 32.4. The Morgan fingerprint density at radius 3 is 2.40 bits per heavy atom. The molecule has 0 bridgehead atoms. The molecule has 1 saturated carbocycles. The van der Waals surface area contributed by atoms with E-state index in [0.29, 0.717) is 17.8 Å². The molecule has 10 nitrogen and oxygen atoms in total. The predicted octanol–water partition coefficient (Wildman–Crippen LogP) is 6.37. The van der Waals surface area contributed by atoms with Gasteiger partial charge in [-0.05, 0) is 78.0 Å². The lowest BCUT2D eigenvalue weighted by molar-refractivity contribution is 0.109. The fourth-order valence-electron chi connectivity index (χ4n) is 4.94. The van der Waals surface area contributed by atoms with Crippen LogP contribution in [0.5, 0.6) is 0 Å². The van der Waals surface area contributed by atoms with Crippen LogP contribution in [0.4, 0.5) is 15.3 Å². The van der Waals surface area contributed by atoms with Crippen LogP contribution in [0.2, 0.25) is 0 Å². The van der Waals surface area contributed by atoms with Crippen LogP contribution in [0.25, 0.3) is 10.4 Å². The highest BCUT2D eigenvalue weighted by Crippen LogP contribution is 2.40. The Hall–Kier alpha value is -3.48. The third kappa shape index (κ3) is 9.50. The molecule has 0 unspecified atom stereocenters. The minimum Gasteiger partial charge on any atom is -0.447 e. The zero-order valence-corrected chi connectivity index (χ0v) is 26.9. The van der Waals surface area contributed by atoms with E-state index in [1.807, 2.05) is 44.2 Å². The molecule has 0 atom stereocenters. The number of rotatable bonds is 9. The Morgan fingerprint density at radius 2 is 1.74 bits per heavy atom. The highest BCUT2D eigenvalue weighted by molar-refractivity contribution is 7.89. The van der Waals surface area contributed by atoms with Gasteiger partial charge in [0, 0.05) is 41.5 Å². The van der Waals surface area contributed by atoms with Crippen LogP contribution in [0.15, 0.2) is 59.6 Å². The van der Waals surface area contributed by atoms with E-state index in [4.69, 9.17) is 4.74 Å². The van der Waals surface area contributed by atoms with Gasteiger partial charge in [-0.1, -0.05) is 36.4 Å². The maximum atomic E-state index is 13.6. The summed E-state index contributed by atoms with van der Waals surface area (Å²) in [5, 5.41) is 9.44. The number of nitrogens with zero attached hydrogens (tertiary/aromatic N) is 1. The molecule has 4 rings (SSSR count). The number of carbonyl (C=O) groups is 2. The molecule has 1 aromatic heterocycles. The molecular weight excluding hydrogens is 587 g/mol. The fourth-order valence-corrected chi connectivity index (χ4v) is 7.79. The summed E-state index contributed by atoms with van der Waals surface area (Å²) in [7, 11) is -3.95. The van der Waals surface area contributed by atoms with Crippen molar-refractivity contribution in [2.75, 3.05) is 5.32 Å². The monoisotopic (exact) mass is 627 g/mol. The number of alkyl carbamates (subject to hydrolysis) is 1. The number of hydrogen-bond donors (Lipinski definition) is 4. The second-order valence-electron chi connectivity index (χ2n) is 12.1.